The summed E-state index contributed by atoms with van der Waals surface area (Å²) in [5.74, 6) is -0.136. The minimum atomic E-state index is -0.136. The summed E-state index contributed by atoms with van der Waals surface area (Å²) in [6.07, 6.45) is 10.5. The zero-order valence-corrected chi connectivity index (χ0v) is 12.9. The molecule has 0 bridgehead atoms. The van der Waals surface area contributed by atoms with E-state index in [-0.39, 0.29) is 19.1 Å². The van der Waals surface area contributed by atoms with Crippen LogP contribution < -0.4 is 0 Å². The van der Waals surface area contributed by atoms with E-state index in [4.69, 9.17) is 10.2 Å². The summed E-state index contributed by atoms with van der Waals surface area (Å²) < 4.78 is 0. The first-order valence-corrected chi connectivity index (χ1v) is 8.12. The van der Waals surface area contributed by atoms with Crippen LogP contribution in [0.4, 0.5) is 0 Å². The van der Waals surface area contributed by atoms with Crippen LogP contribution in [-0.4, -0.2) is 23.4 Å². The maximum atomic E-state index is 9.15. The molecule has 0 fully saturated rings. The van der Waals surface area contributed by atoms with Gasteiger partial charge in [-0.3, -0.25) is 0 Å². The zero-order chi connectivity index (χ0) is 14.6. The molecular formula is C18H30O2. The van der Waals surface area contributed by atoms with Gasteiger partial charge in [0.05, 0.1) is 13.2 Å². The van der Waals surface area contributed by atoms with Crippen molar-refractivity contribution in [3.63, 3.8) is 0 Å². The molecule has 0 unspecified atom stereocenters. The van der Waals surface area contributed by atoms with Crippen LogP contribution in [0.15, 0.2) is 24.3 Å². The molecule has 2 heteroatoms. The molecule has 20 heavy (non-hydrogen) atoms. The molecule has 2 N–H and O–H groups in total. The Morgan fingerprint density at radius 1 is 0.800 bits per heavy atom. The fourth-order valence-electron chi connectivity index (χ4n) is 2.51. The smallest absolute Gasteiger partial charge is 0.0521 e. The lowest BCUT2D eigenvalue weighted by molar-refractivity contribution is 0.192. The van der Waals surface area contributed by atoms with Gasteiger partial charge in [-0.2, -0.15) is 0 Å². The van der Waals surface area contributed by atoms with Crippen molar-refractivity contribution >= 4 is 0 Å². The zero-order valence-electron chi connectivity index (χ0n) is 12.9. The largest absolute Gasteiger partial charge is 0.396 e. The summed E-state index contributed by atoms with van der Waals surface area (Å²) in [4.78, 5) is 0. The van der Waals surface area contributed by atoms with E-state index in [1.54, 1.807) is 0 Å². The molecule has 0 heterocycles. The average Bonchev–Trinajstić information content (AvgIpc) is 2.49. The lowest BCUT2D eigenvalue weighted by Gasteiger charge is -2.11. The number of rotatable bonds is 11. The SMILES string of the molecule is CCCCCCCCCc1ccc(C(CO)CO)cc1. The molecule has 0 saturated heterocycles. The van der Waals surface area contributed by atoms with Crippen molar-refractivity contribution in [3.05, 3.63) is 35.4 Å². The van der Waals surface area contributed by atoms with Gasteiger partial charge in [0.15, 0.2) is 0 Å². The Morgan fingerprint density at radius 3 is 1.90 bits per heavy atom. The van der Waals surface area contributed by atoms with Gasteiger partial charge in [0, 0.05) is 5.92 Å². The van der Waals surface area contributed by atoms with Gasteiger partial charge in [-0.15, -0.1) is 0 Å². The van der Waals surface area contributed by atoms with Crippen LogP contribution in [0.25, 0.3) is 0 Å². The van der Waals surface area contributed by atoms with Crippen molar-refractivity contribution in [2.75, 3.05) is 13.2 Å². The number of aryl methyl sites for hydroxylation is 1. The van der Waals surface area contributed by atoms with Gasteiger partial charge < -0.3 is 10.2 Å². The van der Waals surface area contributed by atoms with Crippen LogP contribution in [0.1, 0.15) is 68.9 Å². The van der Waals surface area contributed by atoms with Crippen LogP contribution in [0.3, 0.4) is 0 Å². The number of aliphatic hydroxyl groups excluding tert-OH is 2. The Kier molecular flexibility index (Phi) is 9.35. The van der Waals surface area contributed by atoms with Gasteiger partial charge in [-0.05, 0) is 24.0 Å². The fourth-order valence-corrected chi connectivity index (χ4v) is 2.51. The molecule has 0 aliphatic rings. The second-order valence-corrected chi connectivity index (χ2v) is 5.67. The lowest BCUT2D eigenvalue weighted by atomic mass is 9.98. The van der Waals surface area contributed by atoms with E-state index >= 15 is 0 Å². The Labute approximate surface area is 123 Å². The molecule has 0 aliphatic carbocycles. The van der Waals surface area contributed by atoms with E-state index in [1.807, 2.05) is 12.1 Å². The Morgan fingerprint density at radius 2 is 1.35 bits per heavy atom. The van der Waals surface area contributed by atoms with E-state index in [0.717, 1.165) is 12.0 Å². The predicted molar refractivity (Wildman–Crippen MR) is 85.1 cm³/mol. The van der Waals surface area contributed by atoms with Crippen LogP contribution in [0, 0.1) is 0 Å². The molecule has 0 saturated carbocycles. The summed E-state index contributed by atoms with van der Waals surface area (Å²) in [5, 5.41) is 18.3. The predicted octanol–water partition coefficient (Wildman–Crippen LogP) is 4.05. The van der Waals surface area contributed by atoms with Gasteiger partial charge in [0.1, 0.15) is 0 Å². The number of benzene rings is 1. The van der Waals surface area contributed by atoms with Crippen molar-refractivity contribution in [1.82, 2.24) is 0 Å². The van der Waals surface area contributed by atoms with Crippen LogP contribution >= 0.6 is 0 Å². The van der Waals surface area contributed by atoms with Crippen molar-refractivity contribution in [1.29, 1.82) is 0 Å². The minimum Gasteiger partial charge on any atom is -0.396 e. The van der Waals surface area contributed by atoms with E-state index in [2.05, 4.69) is 19.1 Å². The van der Waals surface area contributed by atoms with Crippen molar-refractivity contribution < 1.29 is 10.2 Å². The van der Waals surface area contributed by atoms with Crippen LogP contribution in [0.2, 0.25) is 0 Å². The first-order valence-electron chi connectivity index (χ1n) is 8.12. The van der Waals surface area contributed by atoms with Crippen molar-refractivity contribution in [2.24, 2.45) is 0 Å². The van der Waals surface area contributed by atoms with E-state index in [9.17, 15) is 0 Å². The summed E-state index contributed by atoms with van der Waals surface area (Å²) in [7, 11) is 0. The van der Waals surface area contributed by atoms with Crippen LogP contribution in [0.5, 0.6) is 0 Å². The Balaban J connectivity index is 2.21. The number of aliphatic hydroxyl groups is 2. The third-order valence-corrected chi connectivity index (χ3v) is 3.96. The maximum absolute atomic E-state index is 9.15. The minimum absolute atomic E-state index is 0.00755. The highest BCUT2D eigenvalue weighted by atomic mass is 16.3. The quantitative estimate of drug-likeness (QED) is 0.600. The molecule has 0 spiro atoms. The van der Waals surface area contributed by atoms with Crippen molar-refractivity contribution in [3.8, 4) is 0 Å². The topological polar surface area (TPSA) is 40.5 Å². The first kappa shape index (κ1) is 17.2. The second-order valence-electron chi connectivity index (χ2n) is 5.67. The summed E-state index contributed by atoms with van der Waals surface area (Å²) in [5.41, 5.74) is 2.38. The highest BCUT2D eigenvalue weighted by molar-refractivity contribution is 5.25. The summed E-state index contributed by atoms with van der Waals surface area (Å²) in [6, 6.07) is 8.33. The molecule has 1 aromatic carbocycles. The van der Waals surface area contributed by atoms with E-state index < -0.39 is 0 Å². The van der Waals surface area contributed by atoms with Crippen molar-refractivity contribution in [2.45, 2.75) is 64.2 Å². The van der Waals surface area contributed by atoms with E-state index in [1.165, 1.54) is 50.5 Å². The molecule has 0 aromatic heterocycles. The normalized spacial score (nSPS) is 11.2. The van der Waals surface area contributed by atoms with Crippen LogP contribution in [-0.2, 0) is 6.42 Å². The second kappa shape index (κ2) is 10.9. The van der Waals surface area contributed by atoms with E-state index in [0.29, 0.717) is 0 Å². The van der Waals surface area contributed by atoms with Gasteiger partial charge in [-0.25, -0.2) is 0 Å². The molecule has 0 atom stereocenters. The Bertz CT molecular complexity index is 328. The highest BCUT2D eigenvalue weighted by Crippen LogP contribution is 2.17. The standard InChI is InChI=1S/C18H30O2/c1-2-3-4-5-6-7-8-9-16-10-12-17(13-11-16)18(14-19)15-20/h10-13,18-20H,2-9,14-15H2,1H3. The molecule has 2 nitrogen and oxygen atoms in total. The molecule has 0 aliphatic heterocycles. The summed E-state index contributed by atoms with van der Waals surface area (Å²) >= 11 is 0. The number of hydrogen-bond acceptors (Lipinski definition) is 2. The third kappa shape index (κ3) is 6.53. The maximum Gasteiger partial charge on any atom is 0.0521 e. The monoisotopic (exact) mass is 278 g/mol. The molecule has 1 aromatic rings. The molecule has 1 rings (SSSR count). The number of unbranched alkanes of at least 4 members (excludes halogenated alkanes) is 6. The molecule has 114 valence electrons. The molecule has 0 radical (unpaired) electrons. The first-order chi connectivity index (χ1) is 9.81. The van der Waals surface area contributed by atoms with Gasteiger partial charge >= 0.3 is 0 Å². The fraction of sp³-hybridized carbons (Fsp3) is 0.667. The third-order valence-electron chi connectivity index (χ3n) is 3.96. The number of hydrogen-bond donors (Lipinski definition) is 2. The molecular weight excluding hydrogens is 248 g/mol. The summed E-state index contributed by atoms with van der Waals surface area (Å²) in [6.45, 7) is 2.27. The highest BCUT2D eigenvalue weighted by Gasteiger charge is 2.08. The molecule has 0 amide bonds. The lowest BCUT2D eigenvalue weighted by Crippen LogP contribution is -2.08. The average molecular weight is 278 g/mol. The van der Waals surface area contributed by atoms with Gasteiger partial charge in [-0.1, -0.05) is 69.7 Å². The van der Waals surface area contributed by atoms with Gasteiger partial charge in [0.2, 0.25) is 0 Å². The van der Waals surface area contributed by atoms with Gasteiger partial charge in [0.25, 0.3) is 0 Å². The Hall–Kier alpha value is -0.860.